The standard InChI is InChI=1S/C24H28Cl2N8O/c1-2-5-16(8-9-20(28)35)34-22-19(13-29-23(33-22)30-15-6-3-4-7-15)31-24(34)32-21-17(25)10-14(12-27)11-18(21)26/h10-11,13,15-16H,2-9H2,1H3,(H2,28,35)(H,31,32)(H,29,30,33)/t16-/m0/s1. The molecule has 0 aliphatic heterocycles. The lowest BCUT2D eigenvalue weighted by atomic mass is 10.1. The number of halogens is 2. The Bertz CT molecular complexity index is 1240. The normalized spacial score (nSPS) is 14.7. The van der Waals surface area contributed by atoms with Gasteiger partial charge in [-0.25, -0.2) is 9.97 Å². The Morgan fingerprint density at radius 2 is 1.97 bits per heavy atom. The molecule has 184 valence electrons. The first kappa shape index (κ1) is 25.0. The molecule has 9 nitrogen and oxygen atoms in total. The van der Waals surface area contributed by atoms with Crippen LogP contribution in [0.2, 0.25) is 10.0 Å². The maximum absolute atomic E-state index is 11.6. The van der Waals surface area contributed by atoms with Crippen molar-refractivity contribution in [3.63, 3.8) is 0 Å². The zero-order chi connectivity index (χ0) is 24.9. The van der Waals surface area contributed by atoms with Crippen LogP contribution in [0.5, 0.6) is 0 Å². The third-order valence-corrected chi connectivity index (χ3v) is 6.84. The van der Waals surface area contributed by atoms with Gasteiger partial charge in [-0.15, -0.1) is 0 Å². The maximum Gasteiger partial charge on any atom is 0.224 e. The van der Waals surface area contributed by atoms with E-state index in [-0.39, 0.29) is 18.4 Å². The van der Waals surface area contributed by atoms with Crippen LogP contribution in [0, 0.1) is 11.3 Å². The highest BCUT2D eigenvalue weighted by Gasteiger charge is 2.24. The highest BCUT2D eigenvalue weighted by molar-refractivity contribution is 6.39. The van der Waals surface area contributed by atoms with Crippen LogP contribution in [0.15, 0.2) is 18.3 Å². The Hall–Kier alpha value is -3.09. The second kappa shape index (κ2) is 11.1. The summed E-state index contributed by atoms with van der Waals surface area (Å²) in [7, 11) is 0. The average Bonchev–Trinajstić information content (AvgIpc) is 3.46. The fourth-order valence-electron chi connectivity index (χ4n) is 4.56. The Morgan fingerprint density at radius 1 is 1.26 bits per heavy atom. The zero-order valence-electron chi connectivity index (χ0n) is 19.5. The summed E-state index contributed by atoms with van der Waals surface area (Å²) in [5, 5.41) is 16.5. The van der Waals surface area contributed by atoms with E-state index < -0.39 is 0 Å². The number of nitrogens with zero attached hydrogens (tertiary/aromatic N) is 5. The van der Waals surface area contributed by atoms with Gasteiger partial charge < -0.3 is 16.4 Å². The van der Waals surface area contributed by atoms with Crippen molar-refractivity contribution in [2.24, 2.45) is 5.73 Å². The molecule has 4 rings (SSSR count). The number of anilines is 3. The van der Waals surface area contributed by atoms with E-state index in [9.17, 15) is 10.1 Å². The molecule has 1 saturated carbocycles. The van der Waals surface area contributed by atoms with Gasteiger partial charge in [0.15, 0.2) is 5.65 Å². The van der Waals surface area contributed by atoms with Crippen LogP contribution in [0.1, 0.15) is 69.9 Å². The number of carbonyl (C=O) groups is 1. The molecule has 1 fully saturated rings. The number of primary amides is 1. The van der Waals surface area contributed by atoms with Crippen molar-refractivity contribution < 1.29 is 4.79 Å². The van der Waals surface area contributed by atoms with Crippen LogP contribution >= 0.6 is 23.2 Å². The first-order valence-electron chi connectivity index (χ1n) is 11.9. The maximum atomic E-state index is 11.6. The minimum Gasteiger partial charge on any atom is -0.370 e. The molecule has 1 aliphatic carbocycles. The molecule has 35 heavy (non-hydrogen) atoms. The largest absolute Gasteiger partial charge is 0.370 e. The number of hydrogen-bond acceptors (Lipinski definition) is 7. The van der Waals surface area contributed by atoms with Crippen LogP contribution in [0.4, 0.5) is 17.6 Å². The van der Waals surface area contributed by atoms with Crippen LogP contribution in [0.25, 0.3) is 11.2 Å². The molecule has 0 bridgehead atoms. The van der Waals surface area contributed by atoms with E-state index in [1.54, 1.807) is 18.3 Å². The second-order valence-corrected chi connectivity index (χ2v) is 9.65. The number of nitrogens with two attached hydrogens (primary N) is 1. The van der Waals surface area contributed by atoms with Crippen molar-refractivity contribution in [1.82, 2.24) is 19.5 Å². The molecular formula is C24H28Cl2N8O. The lowest BCUT2D eigenvalue weighted by Crippen LogP contribution is -2.18. The Balaban J connectivity index is 1.79. The molecule has 1 aromatic carbocycles. The average molecular weight is 515 g/mol. The minimum atomic E-state index is -0.360. The number of fused-ring (bicyclic) bond motifs is 1. The molecule has 0 radical (unpaired) electrons. The van der Waals surface area contributed by atoms with Crippen molar-refractivity contribution >= 4 is 57.9 Å². The van der Waals surface area contributed by atoms with Crippen molar-refractivity contribution in [3.05, 3.63) is 33.9 Å². The number of carbonyl (C=O) groups excluding carboxylic acids is 1. The van der Waals surface area contributed by atoms with Crippen molar-refractivity contribution in [2.45, 2.75) is 70.4 Å². The lowest BCUT2D eigenvalue weighted by Gasteiger charge is -2.22. The smallest absolute Gasteiger partial charge is 0.224 e. The van der Waals surface area contributed by atoms with Gasteiger partial charge >= 0.3 is 0 Å². The van der Waals surface area contributed by atoms with E-state index in [2.05, 4.69) is 22.5 Å². The molecule has 0 unspecified atom stereocenters. The first-order valence-corrected chi connectivity index (χ1v) is 12.6. The van der Waals surface area contributed by atoms with Crippen LogP contribution in [-0.4, -0.2) is 31.5 Å². The van der Waals surface area contributed by atoms with Gasteiger partial charge in [-0.3, -0.25) is 9.36 Å². The Kier molecular flexibility index (Phi) is 7.93. The summed E-state index contributed by atoms with van der Waals surface area (Å²) >= 11 is 12.9. The molecule has 1 atom stereocenters. The molecule has 1 aliphatic rings. The third-order valence-electron chi connectivity index (χ3n) is 6.24. The fraction of sp³-hybridized carbons (Fsp3) is 0.458. The number of benzene rings is 1. The summed E-state index contributed by atoms with van der Waals surface area (Å²) < 4.78 is 1.98. The van der Waals surface area contributed by atoms with Crippen molar-refractivity contribution in [2.75, 3.05) is 10.6 Å². The summed E-state index contributed by atoms with van der Waals surface area (Å²) in [4.78, 5) is 25.6. The SMILES string of the molecule is CCC[C@@H](CCC(N)=O)n1c(Nc2c(Cl)cc(C#N)cc2Cl)nc2cnc(NC3CCCC3)nc21. The summed E-state index contributed by atoms with van der Waals surface area (Å²) in [6, 6.07) is 5.40. The molecule has 1 amide bonds. The summed E-state index contributed by atoms with van der Waals surface area (Å²) in [6.45, 7) is 2.08. The second-order valence-electron chi connectivity index (χ2n) is 8.83. The number of aromatic nitrogens is 4. The van der Waals surface area contributed by atoms with Gasteiger partial charge in [0, 0.05) is 18.5 Å². The van der Waals surface area contributed by atoms with E-state index in [1.807, 2.05) is 10.6 Å². The Morgan fingerprint density at radius 3 is 2.60 bits per heavy atom. The minimum absolute atomic E-state index is 0.0924. The molecular weight excluding hydrogens is 487 g/mol. The van der Waals surface area contributed by atoms with Gasteiger partial charge in [0.2, 0.25) is 17.8 Å². The molecule has 0 spiro atoms. The molecule has 2 aromatic heterocycles. The number of amides is 1. The van der Waals surface area contributed by atoms with Gasteiger partial charge in [0.25, 0.3) is 0 Å². The summed E-state index contributed by atoms with van der Waals surface area (Å²) in [5.41, 5.74) is 7.51. The van der Waals surface area contributed by atoms with E-state index in [0.29, 0.717) is 56.8 Å². The predicted molar refractivity (Wildman–Crippen MR) is 138 cm³/mol. The monoisotopic (exact) mass is 514 g/mol. The number of rotatable bonds is 10. The van der Waals surface area contributed by atoms with E-state index in [4.69, 9.17) is 38.9 Å². The van der Waals surface area contributed by atoms with Crippen LogP contribution < -0.4 is 16.4 Å². The first-order chi connectivity index (χ1) is 16.9. The topological polar surface area (TPSA) is 135 Å². The van der Waals surface area contributed by atoms with Crippen LogP contribution in [-0.2, 0) is 4.79 Å². The third kappa shape index (κ3) is 5.77. The molecule has 3 aromatic rings. The number of nitriles is 1. The highest BCUT2D eigenvalue weighted by Crippen LogP contribution is 2.37. The summed E-state index contributed by atoms with van der Waals surface area (Å²) in [6.07, 6.45) is 8.74. The van der Waals surface area contributed by atoms with Gasteiger partial charge in [0.05, 0.1) is 33.6 Å². The van der Waals surface area contributed by atoms with Crippen molar-refractivity contribution in [1.29, 1.82) is 5.26 Å². The predicted octanol–water partition coefficient (Wildman–Crippen LogP) is 5.71. The molecule has 11 heteroatoms. The van der Waals surface area contributed by atoms with Gasteiger partial charge in [-0.05, 0) is 37.8 Å². The van der Waals surface area contributed by atoms with Gasteiger partial charge in [-0.1, -0.05) is 49.4 Å². The van der Waals surface area contributed by atoms with E-state index >= 15 is 0 Å². The molecule has 2 heterocycles. The number of imidazole rings is 1. The summed E-state index contributed by atoms with van der Waals surface area (Å²) in [5.74, 6) is 0.668. The highest BCUT2D eigenvalue weighted by atomic mass is 35.5. The van der Waals surface area contributed by atoms with Crippen LogP contribution in [0.3, 0.4) is 0 Å². The molecule has 4 N–H and O–H groups in total. The lowest BCUT2D eigenvalue weighted by molar-refractivity contribution is -0.118. The quantitative estimate of drug-likeness (QED) is 0.315. The molecule has 0 saturated heterocycles. The van der Waals surface area contributed by atoms with Gasteiger partial charge in [0.1, 0.15) is 5.52 Å². The zero-order valence-corrected chi connectivity index (χ0v) is 21.0. The number of nitrogens with one attached hydrogen (secondary N) is 2. The fourth-order valence-corrected chi connectivity index (χ4v) is 5.14. The van der Waals surface area contributed by atoms with E-state index in [0.717, 1.165) is 25.7 Å². The van der Waals surface area contributed by atoms with Crippen molar-refractivity contribution in [3.8, 4) is 6.07 Å². The Labute approximate surface area is 214 Å². The number of hydrogen-bond donors (Lipinski definition) is 3. The van der Waals surface area contributed by atoms with E-state index in [1.165, 1.54) is 12.8 Å². The van der Waals surface area contributed by atoms with Gasteiger partial charge in [-0.2, -0.15) is 10.2 Å².